The molecular formula is C21H28Cl3F3N6O2S2. The lowest BCUT2D eigenvalue weighted by Crippen LogP contribution is -2.50. The molecule has 0 saturated heterocycles. The number of alkyl halides is 3. The molecule has 6 N–H and O–H groups in total. The Morgan fingerprint density at radius 1 is 0.811 bits per heavy atom. The summed E-state index contributed by atoms with van der Waals surface area (Å²) in [6.07, 6.45) is -3.43. The molecule has 16 heteroatoms. The van der Waals surface area contributed by atoms with E-state index in [1.54, 1.807) is 27.7 Å². The van der Waals surface area contributed by atoms with Gasteiger partial charge in [0.25, 0.3) is 0 Å². The molecule has 0 radical (unpaired) electrons. The first kappa shape index (κ1) is 33.5. The van der Waals surface area contributed by atoms with Crippen molar-refractivity contribution in [2.45, 2.75) is 70.6 Å². The van der Waals surface area contributed by atoms with E-state index in [9.17, 15) is 22.8 Å². The molecule has 0 aliphatic heterocycles. The van der Waals surface area contributed by atoms with E-state index in [4.69, 9.17) is 23.1 Å². The van der Waals surface area contributed by atoms with Crippen LogP contribution in [0.25, 0.3) is 20.4 Å². The first-order valence-corrected chi connectivity index (χ1v) is 13.0. The number of halogens is 6. The summed E-state index contributed by atoms with van der Waals surface area (Å²) < 4.78 is 42.2. The highest BCUT2D eigenvalue weighted by Crippen LogP contribution is 2.49. The maximum Gasteiger partial charge on any atom is 0.419 e. The lowest BCUT2D eigenvalue weighted by molar-refractivity contribution is -0.134. The lowest BCUT2D eigenvalue weighted by Gasteiger charge is -2.24. The third-order valence-electron chi connectivity index (χ3n) is 6.28. The zero-order valence-corrected chi connectivity index (χ0v) is 24.4. The number of carbonyl (C=O) groups is 2. The molecular weight excluding hydrogens is 596 g/mol. The Morgan fingerprint density at radius 2 is 1.14 bits per heavy atom. The SMILES string of the molecule is CCC(N)(CC)C(=O)Nc1nc2c(Cl)c3nc(NC(=O)C(N)(CC)CC)sc3c(C(F)(F)F)c2s1.Cl.Cl. The number of amides is 2. The van der Waals surface area contributed by atoms with Gasteiger partial charge in [-0.2, -0.15) is 13.2 Å². The van der Waals surface area contributed by atoms with Crippen LogP contribution in [0, 0.1) is 0 Å². The molecule has 1 aromatic carbocycles. The smallest absolute Gasteiger partial charge is 0.317 e. The Morgan fingerprint density at radius 3 is 1.41 bits per heavy atom. The molecule has 2 aromatic heterocycles. The van der Waals surface area contributed by atoms with Crippen LogP contribution in [0.3, 0.4) is 0 Å². The third-order valence-corrected chi connectivity index (χ3v) is 8.61. The summed E-state index contributed by atoms with van der Waals surface area (Å²) >= 11 is 7.73. The summed E-state index contributed by atoms with van der Waals surface area (Å²) in [5, 5.41) is 4.81. The van der Waals surface area contributed by atoms with Crippen LogP contribution in [0.15, 0.2) is 0 Å². The number of hydrogen-bond acceptors (Lipinski definition) is 8. The van der Waals surface area contributed by atoms with Crippen molar-refractivity contribution in [2.75, 3.05) is 10.6 Å². The summed E-state index contributed by atoms with van der Waals surface area (Å²) in [6.45, 7) is 6.97. The third kappa shape index (κ3) is 6.23. The number of nitrogens with one attached hydrogen (secondary N) is 2. The van der Waals surface area contributed by atoms with Gasteiger partial charge in [-0.25, -0.2) is 9.97 Å². The van der Waals surface area contributed by atoms with Crippen LogP contribution in [0.1, 0.15) is 58.9 Å². The second-order valence-corrected chi connectivity index (χ2v) is 10.6. The first-order valence-electron chi connectivity index (χ1n) is 10.9. The number of nitrogens with zero attached hydrogens (tertiary/aromatic N) is 2. The molecule has 208 valence electrons. The van der Waals surface area contributed by atoms with Crippen molar-refractivity contribution in [3.05, 3.63) is 10.6 Å². The molecule has 37 heavy (non-hydrogen) atoms. The van der Waals surface area contributed by atoms with Crippen molar-refractivity contribution in [3.8, 4) is 0 Å². The van der Waals surface area contributed by atoms with Crippen LogP contribution < -0.4 is 22.1 Å². The number of hydrogen-bond donors (Lipinski definition) is 4. The second-order valence-electron chi connectivity index (χ2n) is 8.21. The maximum absolute atomic E-state index is 14.2. The number of fused-ring (bicyclic) bond motifs is 2. The molecule has 0 aliphatic carbocycles. The van der Waals surface area contributed by atoms with Gasteiger partial charge in [-0.15, -0.1) is 24.8 Å². The minimum atomic E-state index is -4.78. The lowest BCUT2D eigenvalue weighted by atomic mass is 9.93. The normalized spacial score (nSPS) is 12.3. The summed E-state index contributed by atoms with van der Waals surface area (Å²) in [4.78, 5) is 33.5. The Bertz CT molecular complexity index is 1200. The fourth-order valence-electron chi connectivity index (χ4n) is 3.44. The van der Waals surface area contributed by atoms with Gasteiger partial charge in [0.1, 0.15) is 11.0 Å². The molecule has 0 saturated carbocycles. The van der Waals surface area contributed by atoms with Gasteiger partial charge < -0.3 is 22.1 Å². The summed E-state index contributed by atoms with van der Waals surface area (Å²) in [5.41, 5.74) is 8.52. The van der Waals surface area contributed by atoms with Gasteiger partial charge in [0.15, 0.2) is 10.3 Å². The topological polar surface area (TPSA) is 136 Å². The van der Waals surface area contributed by atoms with Crippen molar-refractivity contribution in [2.24, 2.45) is 11.5 Å². The number of benzene rings is 1. The number of anilines is 2. The van der Waals surface area contributed by atoms with Gasteiger partial charge in [-0.1, -0.05) is 62.0 Å². The molecule has 0 aliphatic rings. The standard InChI is InChI=1S/C21H26ClF3N6O2S2.2ClH/c1-5-19(26,6-2)15(32)30-17-28-11-10(22)12-14(9(13(11)34-17)21(23,24)25)35-18(29-12)31-16(33)20(27,7-3)8-4;;/h5-8,26-27H2,1-4H3,(H,28,30,32)(H,29,31,33);2*1H. The number of thiazole rings is 2. The minimum absolute atomic E-state index is 0. The molecule has 0 bridgehead atoms. The van der Waals surface area contributed by atoms with E-state index in [1.165, 1.54) is 0 Å². The van der Waals surface area contributed by atoms with Crippen molar-refractivity contribution in [1.29, 1.82) is 0 Å². The number of nitrogens with two attached hydrogens (primary N) is 2. The first-order chi connectivity index (χ1) is 16.2. The van der Waals surface area contributed by atoms with Gasteiger partial charge in [-0.05, 0) is 25.7 Å². The second kappa shape index (κ2) is 12.1. The fraction of sp³-hybridized carbons (Fsp3) is 0.524. The van der Waals surface area contributed by atoms with Crippen molar-refractivity contribution < 1.29 is 22.8 Å². The van der Waals surface area contributed by atoms with Crippen molar-refractivity contribution >= 4 is 102 Å². The number of rotatable bonds is 8. The molecule has 0 spiro atoms. The maximum atomic E-state index is 14.2. The van der Waals surface area contributed by atoms with E-state index in [0.717, 1.165) is 0 Å². The molecule has 0 unspecified atom stereocenters. The average molecular weight is 624 g/mol. The Kier molecular flexibility index (Phi) is 11.0. The van der Waals surface area contributed by atoms with Crippen LogP contribution in [0.4, 0.5) is 23.4 Å². The Hall–Kier alpha value is -1.48. The van der Waals surface area contributed by atoms with E-state index in [1.807, 2.05) is 0 Å². The van der Waals surface area contributed by atoms with Gasteiger partial charge in [-0.3, -0.25) is 9.59 Å². The molecule has 3 rings (SSSR count). The van der Waals surface area contributed by atoms with Crippen molar-refractivity contribution in [3.63, 3.8) is 0 Å². The zero-order chi connectivity index (χ0) is 26.3. The average Bonchev–Trinajstić information content (AvgIpc) is 3.41. The predicted molar refractivity (Wildman–Crippen MR) is 150 cm³/mol. The molecule has 2 amide bonds. The highest BCUT2D eigenvalue weighted by atomic mass is 35.5. The molecule has 8 nitrogen and oxygen atoms in total. The Labute approximate surface area is 236 Å². The van der Waals surface area contributed by atoms with Gasteiger partial charge in [0.2, 0.25) is 11.8 Å². The molecule has 2 heterocycles. The molecule has 3 aromatic rings. The van der Waals surface area contributed by atoms with Crippen LogP contribution in [-0.2, 0) is 15.8 Å². The molecule has 0 atom stereocenters. The zero-order valence-electron chi connectivity index (χ0n) is 20.3. The monoisotopic (exact) mass is 622 g/mol. The highest BCUT2D eigenvalue weighted by Gasteiger charge is 2.40. The predicted octanol–water partition coefficient (Wildman–Crippen LogP) is 6.33. The van der Waals surface area contributed by atoms with Gasteiger partial charge in [0, 0.05) is 0 Å². The summed E-state index contributed by atoms with van der Waals surface area (Å²) in [6, 6.07) is 0. The summed E-state index contributed by atoms with van der Waals surface area (Å²) in [5.74, 6) is -1.10. The quantitative estimate of drug-likeness (QED) is 0.231. The number of aromatic nitrogens is 2. The highest BCUT2D eigenvalue weighted by molar-refractivity contribution is 7.25. The van der Waals surface area contributed by atoms with Gasteiger partial charge in [0.05, 0.1) is 31.1 Å². The summed E-state index contributed by atoms with van der Waals surface area (Å²) in [7, 11) is 0. The molecule has 0 fully saturated rings. The van der Waals surface area contributed by atoms with Crippen LogP contribution in [0.5, 0.6) is 0 Å². The van der Waals surface area contributed by atoms with E-state index in [0.29, 0.717) is 48.4 Å². The minimum Gasteiger partial charge on any atom is -0.317 e. The van der Waals surface area contributed by atoms with E-state index >= 15 is 0 Å². The van der Waals surface area contributed by atoms with Crippen molar-refractivity contribution in [1.82, 2.24) is 9.97 Å². The van der Waals surface area contributed by atoms with Crippen LogP contribution in [-0.4, -0.2) is 32.9 Å². The Balaban J connectivity index is 0.00000342. The fourth-order valence-corrected chi connectivity index (χ4v) is 5.97. The largest absolute Gasteiger partial charge is 0.419 e. The van der Waals surface area contributed by atoms with E-state index in [2.05, 4.69) is 20.6 Å². The van der Waals surface area contributed by atoms with E-state index in [-0.39, 0.29) is 60.5 Å². The number of carbonyl (C=O) groups excluding carboxylic acids is 2. The van der Waals surface area contributed by atoms with Crippen LogP contribution >= 0.6 is 59.1 Å². The van der Waals surface area contributed by atoms with Crippen LogP contribution in [0.2, 0.25) is 5.02 Å². The van der Waals surface area contributed by atoms with E-state index < -0.39 is 34.6 Å². The van der Waals surface area contributed by atoms with Gasteiger partial charge >= 0.3 is 6.18 Å².